The van der Waals surface area contributed by atoms with Gasteiger partial charge >= 0.3 is 5.97 Å². The zero-order valence-corrected chi connectivity index (χ0v) is 16.9. The molecular formula is C26H19NO4. The second kappa shape index (κ2) is 7.95. The maximum atomic E-state index is 12.1. The largest absolute Gasteiger partial charge is 0.487 e. The standard InChI is InChI=1S/C26H19NO4/c1-29-26(28)20-12-7-13-22-23(20)27-25(31-22)21-15-14-18-10-5-6-11-19(18)24(21)30-16-17-8-3-2-4-9-17/h2-15H,16H2,1H3. The SMILES string of the molecule is COC(=O)c1cccc2oc(-c3ccc4ccccc4c3OCc3ccccc3)nc12. The number of carbonyl (C=O) groups excluding carboxylic acids is 1. The van der Waals surface area contributed by atoms with Crippen molar-refractivity contribution in [2.75, 3.05) is 7.11 Å². The summed E-state index contributed by atoms with van der Waals surface area (Å²) in [5.41, 5.74) is 3.13. The van der Waals surface area contributed by atoms with Crippen LogP contribution in [0.5, 0.6) is 5.75 Å². The van der Waals surface area contributed by atoms with E-state index >= 15 is 0 Å². The molecule has 0 spiro atoms. The van der Waals surface area contributed by atoms with Crippen LogP contribution >= 0.6 is 0 Å². The Bertz CT molecular complexity index is 1390. The van der Waals surface area contributed by atoms with Gasteiger partial charge < -0.3 is 13.9 Å². The number of methoxy groups -OCH3 is 1. The highest BCUT2D eigenvalue weighted by Crippen LogP contribution is 2.38. The summed E-state index contributed by atoms with van der Waals surface area (Å²) in [6, 6.07) is 27.2. The van der Waals surface area contributed by atoms with E-state index in [9.17, 15) is 4.79 Å². The van der Waals surface area contributed by atoms with Crippen molar-refractivity contribution in [2.24, 2.45) is 0 Å². The molecular weight excluding hydrogens is 390 g/mol. The molecule has 1 aromatic heterocycles. The van der Waals surface area contributed by atoms with Crippen LogP contribution in [-0.2, 0) is 11.3 Å². The molecule has 0 saturated carbocycles. The first-order chi connectivity index (χ1) is 15.2. The predicted molar refractivity (Wildman–Crippen MR) is 119 cm³/mol. The van der Waals surface area contributed by atoms with Gasteiger partial charge in [-0.1, -0.05) is 66.7 Å². The van der Waals surface area contributed by atoms with Gasteiger partial charge in [-0.2, -0.15) is 0 Å². The van der Waals surface area contributed by atoms with Crippen molar-refractivity contribution in [3.05, 3.63) is 96.1 Å². The molecule has 0 fully saturated rings. The molecule has 0 bridgehead atoms. The number of nitrogens with zero attached hydrogens (tertiary/aromatic N) is 1. The first kappa shape index (κ1) is 18.9. The van der Waals surface area contributed by atoms with E-state index in [-0.39, 0.29) is 0 Å². The van der Waals surface area contributed by atoms with E-state index < -0.39 is 5.97 Å². The Hall–Kier alpha value is -4.12. The molecule has 1 heterocycles. The van der Waals surface area contributed by atoms with Crippen molar-refractivity contribution in [2.45, 2.75) is 6.61 Å². The molecule has 0 aliphatic carbocycles. The van der Waals surface area contributed by atoms with Gasteiger partial charge in [-0.15, -0.1) is 0 Å². The van der Waals surface area contributed by atoms with Gasteiger partial charge in [-0.25, -0.2) is 9.78 Å². The van der Waals surface area contributed by atoms with Gasteiger partial charge in [0, 0.05) is 5.39 Å². The van der Waals surface area contributed by atoms with E-state index in [0.717, 1.165) is 21.9 Å². The maximum Gasteiger partial charge on any atom is 0.340 e. The molecule has 0 radical (unpaired) electrons. The Morgan fingerprint density at radius 3 is 2.55 bits per heavy atom. The molecule has 5 aromatic rings. The van der Waals surface area contributed by atoms with Crippen molar-refractivity contribution < 1.29 is 18.7 Å². The highest BCUT2D eigenvalue weighted by atomic mass is 16.5. The monoisotopic (exact) mass is 409 g/mol. The smallest absolute Gasteiger partial charge is 0.340 e. The van der Waals surface area contributed by atoms with Crippen LogP contribution in [0.25, 0.3) is 33.3 Å². The normalized spacial score (nSPS) is 11.0. The van der Waals surface area contributed by atoms with Crippen LogP contribution in [0.3, 0.4) is 0 Å². The molecule has 0 unspecified atom stereocenters. The lowest BCUT2D eigenvalue weighted by atomic mass is 10.0. The summed E-state index contributed by atoms with van der Waals surface area (Å²) < 4.78 is 17.2. The third-order valence-corrected chi connectivity index (χ3v) is 5.16. The Balaban J connectivity index is 1.65. The van der Waals surface area contributed by atoms with E-state index in [1.165, 1.54) is 7.11 Å². The van der Waals surface area contributed by atoms with Gasteiger partial charge in [0.05, 0.1) is 18.2 Å². The number of esters is 1. The second-order valence-corrected chi connectivity index (χ2v) is 7.10. The molecule has 0 aliphatic rings. The minimum atomic E-state index is -0.454. The molecule has 0 aliphatic heterocycles. The predicted octanol–water partition coefficient (Wildman–Crippen LogP) is 6.01. The molecule has 0 saturated heterocycles. The van der Waals surface area contributed by atoms with Gasteiger partial charge in [0.1, 0.15) is 17.9 Å². The third-order valence-electron chi connectivity index (χ3n) is 5.16. The minimum Gasteiger partial charge on any atom is -0.487 e. The summed E-state index contributed by atoms with van der Waals surface area (Å²) in [6.07, 6.45) is 0. The highest BCUT2D eigenvalue weighted by molar-refractivity contribution is 6.02. The van der Waals surface area contributed by atoms with Crippen molar-refractivity contribution in [1.82, 2.24) is 4.98 Å². The van der Waals surface area contributed by atoms with Crippen LogP contribution in [-0.4, -0.2) is 18.1 Å². The van der Waals surface area contributed by atoms with E-state index in [1.54, 1.807) is 18.2 Å². The van der Waals surface area contributed by atoms with Crippen molar-refractivity contribution in [1.29, 1.82) is 0 Å². The summed E-state index contributed by atoms with van der Waals surface area (Å²) in [7, 11) is 1.35. The number of para-hydroxylation sites is 1. The molecule has 5 heteroatoms. The average Bonchev–Trinajstić information content (AvgIpc) is 3.26. The number of aromatic nitrogens is 1. The molecule has 4 aromatic carbocycles. The van der Waals surface area contributed by atoms with Crippen LogP contribution in [0.1, 0.15) is 15.9 Å². The number of hydrogen-bond donors (Lipinski definition) is 0. The summed E-state index contributed by atoms with van der Waals surface area (Å²) in [6.45, 7) is 0.412. The number of oxazole rings is 1. The number of rotatable bonds is 5. The summed E-state index contributed by atoms with van der Waals surface area (Å²) >= 11 is 0. The molecule has 5 nitrogen and oxygen atoms in total. The zero-order valence-electron chi connectivity index (χ0n) is 16.9. The number of benzene rings is 4. The van der Waals surface area contributed by atoms with Crippen molar-refractivity contribution in [3.8, 4) is 17.2 Å². The third kappa shape index (κ3) is 3.51. The topological polar surface area (TPSA) is 61.6 Å². The van der Waals surface area contributed by atoms with Crippen LogP contribution in [0.15, 0.2) is 89.3 Å². The van der Waals surface area contributed by atoms with Gasteiger partial charge in [-0.05, 0) is 29.1 Å². The molecule has 0 N–H and O–H groups in total. The average molecular weight is 409 g/mol. The quantitative estimate of drug-likeness (QED) is 0.333. The Labute approximate surface area is 178 Å². The maximum absolute atomic E-state index is 12.1. The van der Waals surface area contributed by atoms with Crippen molar-refractivity contribution in [3.63, 3.8) is 0 Å². The fourth-order valence-corrected chi connectivity index (χ4v) is 3.64. The lowest BCUT2D eigenvalue weighted by Crippen LogP contribution is -2.01. The van der Waals surface area contributed by atoms with Crippen LogP contribution in [0.4, 0.5) is 0 Å². The van der Waals surface area contributed by atoms with Gasteiger partial charge in [0.2, 0.25) is 5.89 Å². The Kier molecular flexibility index (Phi) is 4.84. The number of hydrogen-bond acceptors (Lipinski definition) is 5. The van der Waals surface area contributed by atoms with Crippen molar-refractivity contribution >= 4 is 27.8 Å². The highest BCUT2D eigenvalue weighted by Gasteiger charge is 2.20. The van der Waals surface area contributed by atoms with Crippen LogP contribution < -0.4 is 4.74 Å². The first-order valence-electron chi connectivity index (χ1n) is 9.91. The van der Waals surface area contributed by atoms with E-state index in [2.05, 4.69) is 4.98 Å². The number of ether oxygens (including phenoxy) is 2. The van der Waals surface area contributed by atoms with E-state index in [4.69, 9.17) is 13.9 Å². The molecule has 31 heavy (non-hydrogen) atoms. The summed E-state index contributed by atoms with van der Waals surface area (Å²) in [4.78, 5) is 16.8. The van der Waals surface area contributed by atoms with Crippen LogP contribution in [0, 0.1) is 0 Å². The Morgan fingerprint density at radius 1 is 0.903 bits per heavy atom. The minimum absolute atomic E-state index is 0.363. The molecule has 0 amide bonds. The lowest BCUT2D eigenvalue weighted by Gasteiger charge is -2.13. The summed E-state index contributed by atoms with van der Waals surface area (Å²) in [5.74, 6) is 0.623. The number of carbonyl (C=O) groups is 1. The van der Waals surface area contributed by atoms with Crippen LogP contribution in [0.2, 0.25) is 0 Å². The zero-order chi connectivity index (χ0) is 21.2. The van der Waals surface area contributed by atoms with Gasteiger partial charge in [0.15, 0.2) is 5.58 Å². The van der Waals surface area contributed by atoms with E-state index in [0.29, 0.717) is 34.9 Å². The lowest BCUT2D eigenvalue weighted by molar-refractivity contribution is 0.0602. The summed E-state index contributed by atoms with van der Waals surface area (Å²) in [5, 5.41) is 2.02. The fourth-order valence-electron chi connectivity index (χ4n) is 3.64. The number of fused-ring (bicyclic) bond motifs is 2. The first-order valence-corrected chi connectivity index (χ1v) is 9.91. The van der Waals surface area contributed by atoms with E-state index in [1.807, 2.05) is 66.7 Å². The second-order valence-electron chi connectivity index (χ2n) is 7.10. The molecule has 0 atom stereocenters. The van der Waals surface area contributed by atoms with Gasteiger partial charge in [-0.3, -0.25) is 0 Å². The molecule has 152 valence electrons. The molecule has 5 rings (SSSR count). The fraction of sp³-hybridized carbons (Fsp3) is 0.0769. The Morgan fingerprint density at radius 2 is 1.71 bits per heavy atom. The van der Waals surface area contributed by atoms with Gasteiger partial charge in [0.25, 0.3) is 0 Å².